The molecule has 0 spiro atoms. The summed E-state index contributed by atoms with van der Waals surface area (Å²) in [6.45, 7) is 4.69. The predicted octanol–water partition coefficient (Wildman–Crippen LogP) is 1.52. The second-order valence-electron chi connectivity index (χ2n) is 4.97. The second-order valence-corrected chi connectivity index (χ2v) is 8.42. The van der Waals surface area contributed by atoms with Gasteiger partial charge in [-0.15, -0.1) is 11.3 Å². The molecule has 8 heteroatoms. The van der Waals surface area contributed by atoms with Gasteiger partial charge in [0.2, 0.25) is 5.91 Å². The molecule has 118 valence electrons. The van der Waals surface area contributed by atoms with E-state index in [9.17, 15) is 13.2 Å². The summed E-state index contributed by atoms with van der Waals surface area (Å²) >= 11 is 1.26. The van der Waals surface area contributed by atoms with Gasteiger partial charge in [0, 0.05) is 18.0 Å². The molecule has 1 aromatic heterocycles. The highest BCUT2D eigenvalue weighted by atomic mass is 32.2. The largest absolute Gasteiger partial charge is 0.274 e. The summed E-state index contributed by atoms with van der Waals surface area (Å²) in [7, 11) is -3.50. The number of carbonyl (C=O) groups excluding carboxylic acids is 1. The topological polar surface area (TPSA) is 75.7 Å². The van der Waals surface area contributed by atoms with E-state index in [1.54, 1.807) is 19.1 Å². The SMILES string of the molecule is CCONC(=O)C1CCCN(S(=O)(=O)c2ccc(C)s2)C1. The van der Waals surface area contributed by atoms with Crippen LogP contribution in [0.3, 0.4) is 0 Å². The maximum absolute atomic E-state index is 12.6. The van der Waals surface area contributed by atoms with Gasteiger partial charge in [0.15, 0.2) is 0 Å². The molecule has 0 saturated carbocycles. The average molecular weight is 332 g/mol. The standard InChI is InChI=1S/C13H20N2O4S2/c1-3-19-14-13(16)11-5-4-8-15(9-11)21(17,18)12-7-6-10(2)20-12/h6-7,11H,3-5,8-9H2,1-2H3,(H,14,16). The lowest BCUT2D eigenvalue weighted by Gasteiger charge is -2.30. The molecule has 1 aliphatic rings. The van der Waals surface area contributed by atoms with Crippen molar-refractivity contribution in [2.24, 2.45) is 5.92 Å². The summed E-state index contributed by atoms with van der Waals surface area (Å²) < 4.78 is 26.9. The Bertz CT molecular complexity index is 597. The first-order chi connectivity index (χ1) is 9.95. The fraction of sp³-hybridized carbons (Fsp3) is 0.615. The number of carbonyl (C=O) groups is 1. The molecule has 1 amide bonds. The lowest BCUT2D eigenvalue weighted by molar-refractivity contribution is -0.138. The highest BCUT2D eigenvalue weighted by molar-refractivity contribution is 7.91. The Morgan fingerprint density at radius 1 is 1.52 bits per heavy atom. The molecule has 1 aromatic rings. The molecule has 0 bridgehead atoms. The number of nitrogens with one attached hydrogen (secondary N) is 1. The number of hydrogen-bond acceptors (Lipinski definition) is 5. The number of thiophene rings is 1. The molecule has 1 N–H and O–H groups in total. The Kier molecular flexibility index (Phi) is 5.37. The first-order valence-corrected chi connectivity index (χ1v) is 9.19. The fourth-order valence-electron chi connectivity index (χ4n) is 2.28. The van der Waals surface area contributed by atoms with Gasteiger partial charge in [-0.1, -0.05) is 0 Å². The van der Waals surface area contributed by atoms with Crippen LogP contribution in [0.25, 0.3) is 0 Å². The molecular formula is C13H20N2O4S2. The van der Waals surface area contributed by atoms with Crippen molar-refractivity contribution in [3.05, 3.63) is 17.0 Å². The first kappa shape index (κ1) is 16.4. The predicted molar refractivity (Wildman–Crippen MR) is 80.3 cm³/mol. The summed E-state index contributed by atoms with van der Waals surface area (Å²) in [5.74, 6) is -0.611. The van der Waals surface area contributed by atoms with Crippen molar-refractivity contribution in [3.63, 3.8) is 0 Å². The molecule has 21 heavy (non-hydrogen) atoms. The van der Waals surface area contributed by atoms with Gasteiger partial charge in [0.1, 0.15) is 4.21 Å². The van der Waals surface area contributed by atoms with Crippen LogP contribution in [0.4, 0.5) is 0 Å². The lowest BCUT2D eigenvalue weighted by Crippen LogP contribution is -2.45. The molecular weight excluding hydrogens is 312 g/mol. The number of rotatable bonds is 5. The van der Waals surface area contributed by atoms with Gasteiger partial charge in [-0.25, -0.2) is 13.9 Å². The molecule has 0 aromatic carbocycles. The molecule has 0 radical (unpaired) electrons. The van der Waals surface area contributed by atoms with E-state index in [0.29, 0.717) is 30.2 Å². The van der Waals surface area contributed by atoms with Crippen LogP contribution in [0.5, 0.6) is 0 Å². The van der Waals surface area contributed by atoms with Crippen molar-refractivity contribution in [2.75, 3.05) is 19.7 Å². The van der Waals surface area contributed by atoms with Crippen LogP contribution in [0.15, 0.2) is 16.3 Å². The van der Waals surface area contributed by atoms with E-state index in [-0.39, 0.29) is 18.4 Å². The van der Waals surface area contributed by atoms with Crippen molar-refractivity contribution >= 4 is 27.3 Å². The Labute approximate surface area is 129 Å². The van der Waals surface area contributed by atoms with Crippen LogP contribution < -0.4 is 5.48 Å². The summed E-state index contributed by atoms with van der Waals surface area (Å²) in [5.41, 5.74) is 2.36. The zero-order chi connectivity index (χ0) is 15.5. The number of sulfonamides is 1. The van der Waals surface area contributed by atoms with Gasteiger partial charge in [-0.2, -0.15) is 4.31 Å². The maximum Gasteiger partial charge on any atom is 0.252 e. The van der Waals surface area contributed by atoms with Gasteiger partial charge in [-0.3, -0.25) is 9.63 Å². The normalized spacial score (nSPS) is 20.4. The number of piperidine rings is 1. The van der Waals surface area contributed by atoms with Crippen LogP contribution in [-0.2, 0) is 19.7 Å². The summed E-state index contributed by atoms with van der Waals surface area (Å²) in [6.07, 6.45) is 1.35. The van der Waals surface area contributed by atoms with E-state index in [4.69, 9.17) is 4.84 Å². The number of aryl methyl sites for hydroxylation is 1. The van der Waals surface area contributed by atoms with Crippen molar-refractivity contribution in [1.82, 2.24) is 9.79 Å². The van der Waals surface area contributed by atoms with E-state index in [1.165, 1.54) is 15.6 Å². The molecule has 1 aliphatic heterocycles. The maximum atomic E-state index is 12.6. The highest BCUT2D eigenvalue weighted by Crippen LogP contribution is 2.28. The number of amides is 1. The Morgan fingerprint density at radius 3 is 2.90 bits per heavy atom. The molecule has 2 rings (SSSR count). The molecule has 2 heterocycles. The summed E-state index contributed by atoms with van der Waals surface area (Å²) in [4.78, 5) is 17.8. The third-order valence-electron chi connectivity index (χ3n) is 3.38. The number of hydroxylamine groups is 1. The molecule has 1 saturated heterocycles. The van der Waals surface area contributed by atoms with Crippen molar-refractivity contribution in [1.29, 1.82) is 0 Å². The van der Waals surface area contributed by atoms with E-state index in [2.05, 4.69) is 5.48 Å². The number of nitrogens with zero attached hydrogens (tertiary/aromatic N) is 1. The summed E-state index contributed by atoms with van der Waals surface area (Å²) in [5, 5.41) is 0. The zero-order valence-electron chi connectivity index (χ0n) is 12.2. The molecule has 1 fully saturated rings. The van der Waals surface area contributed by atoms with Gasteiger partial charge in [0.25, 0.3) is 10.0 Å². The zero-order valence-corrected chi connectivity index (χ0v) is 13.8. The second kappa shape index (κ2) is 6.87. The highest BCUT2D eigenvalue weighted by Gasteiger charge is 2.34. The molecule has 1 unspecified atom stereocenters. The Morgan fingerprint density at radius 2 is 2.29 bits per heavy atom. The van der Waals surface area contributed by atoms with Gasteiger partial charge in [0.05, 0.1) is 12.5 Å². The van der Waals surface area contributed by atoms with E-state index in [1.807, 2.05) is 6.92 Å². The minimum atomic E-state index is -3.50. The van der Waals surface area contributed by atoms with E-state index < -0.39 is 10.0 Å². The van der Waals surface area contributed by atoms with Crippen molar-refractivity contribution < 1.29 is 18.0 Å². The monoisotopic (exact) mass is 332 g/mol. The van der Waals surface area contributed by atoms with Gasteiger partial charge < -0.3 is 0 Å². The van der Waals surface area contributed by atoms with E-state index in [0.717, 1.165) is 4.88 Å². The van der Waals surface area contributed by atoms with Crippen molar-refractivity contribution in [2.45, 2.75) is 30.9 Å². The van der Waals surface area contributed by atoms with Crippen LogP contribution in [0, 0.1) is 12.8 Å². The van der Waals surface area contributed by atoms with Crippen molar-refractivity contribution in [3.8, 4) is 0 Å². The number of hydrogen-bond donors (Lipinski definition) is 1. The van der Waals surface area contributed by atoms with Crippen LogP contribution in [0.1, 0.15) is 24.6 Å². The summed E-state index contributed by atoms with van der Waals surface area (Å²) in [6, 6.07) is 3.42. The Balaban J connectivity index is 2.08. The van der Waals surface area contributed by atoms with Crippen LogP contribution >= 0.6 is 11.3 Å². The quantitative estimate of drug-likeness (QED) is 0.830. The third-order valence-corrected chi connectivity index (χ3v) is 6.72. The van der Waals surface area contributed by atoms with Gasteiger partial charge in [-0.05, 0) is 38.8 Å². The minimum Gasteiger partial charge on any atom is -0.274 e. The molecule has 6 nitrogen and oxygen atoms in total. The lowest BCUT2D eigenvalue weighted by atomic mass is 9.99. The molecule has 0 aliphatic carbocycles. The van der Waals surface area contributed by atoms with Crippen LogP contribution in [0.2, 0.25) is 0 Å². The smallest absolute Gasteiger partial charge is 0.252 e. The van der Waals surface area contributed by atoms with E-state index >= 15 is 0 Å². The minimum absolute atomic E-state index is 0.207. The fourth-order valence-corrected chi connectivity index (χ4v) is 5.24. The molecule has 1 atom stereocenters. The average Bonchev–Trinajstić information content (AvgIpc) is 2.92. The third kappa shape index (κ3) is 3.82. The van der Waals surface area contributed by atoms with Gasteiger partial charge >= 0.3 is 0 Å². The Hall–Kier alpha value is -0.960. The first-order valence-electron chi connectivity index (χ1n) is 6.93. The van der Waals surface area contributed by atoms with Crippen LogP contribution in [-0.4, -0.2) is 38.3 Å².